The fraction of sp³-hybridized carbons (Fsp3) is 0.227. The molecule has 6 heteroatoms. The van der Waals surface area contributed by atoms with Gasteiger partial charge in [0, 0.05) is 26.6 Å². The highest BCUT2D eigenvalue weighted by molar-refractivity contribution is 7.17. The molecule has 2 aromatic carbocycles. The van der Waals surface area contributed by atoms with Crippen molar-refractivity contribution in [3.63, 3.8) is 0 Å². The van der Waals surface area contributed by atoms with Gasteiger partial charge in [0.1, 0.15) is 0 Å². The number of rotatable bonds is 4. The van der Waals surface area contributed by atoms with Crippen molar-refractivity contribution in [3.05, 3.63) is 65.0 Å². The van der Waals surface area contributed by atoms with Crippen LogP contribution in [0, 0.1) is 5.41 Å². The van der Waals surface area contributed by atoms with Gasteiger partial charge in [0.2, 0.25) is 5.91 Å². The Bertz CT molecular complexity index is 1060. The van der Waals surface area contributed by atoms with E-state index in [0.29, 0.717) is 17.0 Å². The lowest BCUT2D eigenvalue weighted by Crippen LogP contribution is -2.27. The molecule has 0 saturated heterocycles. The Hall–Kier alpha value is -2.99. The molecule has 2 amide bonds. The zero-order chi connectivity index (χ0) is 20.3. The van der Waals surface area contributed by atoms with E-state index in [1.54, 1.807) is 0 Å². The van der Waals surface area contributed by atoms with Crippen LogP contribution in [0.25, 0.3) is 10.1 Å². The van der Waals surface area contributed by atoms with Crippen molar-refractivity contribution in [2.24, 2.45) is 10.5 Å². The van der Waals surface area contributed by atoms with Crippen molar-refractivity contribution in [3.8, 4) is 0 Å². The van der Waals surface area contributed by atoms with Crippen molar-refractivity contribution < 1.29 is 9.59 Å². The van der Waals surface area contributed by atoms with Crippen molar-refractivity contribution >= 4 is 44.6 Å². The van der Waals surface area contributed by atoms with E-state index in [9.17, 15) is 9.59 Å². The molecule has 0 bridgehead atoms. The zero-order valence-electron chi connectivity index (χ0n) is 16.4. The van der Waals surface area contributed by atoms with Gasteiger partial charge in [-0.05, 0) is 30.7 Å². The first kappa shape index (κ1) is 19.8. The Labute approximate surface area is 168 Å². The number of benzene rings is 2. The van der Waals surface area contributed by atoms with E-state index >= 15 is 0 Å². The molecular weight excluding hydrogens is 370 g/mol. The highest BCUT2D eigenvalue weighted by atomic mass is 32.1. The van der Waals surface area contributed by atoms with Crippen molar-refractivity contribution in [1.82, 2.24) is 5.43 Å². The van der Waals surface area contributed by atoms with Crippen LogP contribution in [0.1, 0.15) is 43.6 Å². The smallest absolute Gasteiger partial charge is 0.272 e. The molecule has 0 unspecified atom stereocenters. The summed E-state index contributed by atoms with van der Waals surface area (Å²) in [4.78, 5) is 24.7. The molecule has 0 aliphatic heterocycles. The predicted octanol–water partition coefficient (Wildman–Crippen LogP) is 5.04. The molecule has 3 aromatic rings. The molecular formula is C22H23N3O2S. The van der Waals surface area contributed by atoms with Crippen molar-refractivity contribution in [2.75, 3.05) is 5.32 Å². The molecule has 0 atom stereocenters. The second-order valence-electron chi connectivity index (χ2n) is 7.57. The van der Waals surface area contributed by atoms with E-state index in [2.05, 4.69) is 15.8 Å². The quantitative estimate of drug-likeness (QED) is 0.481. The topological polar surface area (TPSA) is 70.6 Å². The van der Waals surface area contributed by atoms with E-state index in [4.69, 9.17) is 0 Å². The number of hydrogen-bond donors (Lipinski definition) is 2. The molecule has 0 saturated carbocycles. The standard InChI is InChI=1S/C22H23N3O2S/c1-14(15-8-7-9-16(12-15)23-21(27)22(2,3)4)24-25-20(26)18-13-28-19-11-6-5-10-17(18)19/h5-13H,1-4H3,(H,23,27)(H,25,26)/b24-14-. The highest BCUT2D eigenvalue weighted by Crippen LogP contribution is 2.25. The molecule has 1 heterocycles. The maximum atomic E-state index is 12.5. The second kappa shape index (κ2) is 7.94. The summed E-state index contributed by atoms with van der Waals surface area (Å²) < 4.78 is 1.07. The molecule has 0 aliphatic carbocycles. The van der Waals surface area contributed by atoms with Gasteiger partial charge in [-0.3, -0.25) is 9.59 Å². The average Bonchev–Trinajstić information content (AvgIpc) is 3.09. The third-order valence-corrected chi connectivity index (χ3v) is 5.23. The predicted molar refractivity (Wildman–Crippen MR) is 116 cm³/mol. The molecule has 2 N–H and O–H groups in total. The van der Waals surface area contributed by atoms with Gasteiger partial charge in [-0.15, -0.1) is 11.3 Å². The first-order valence-corrected chi connectivity index (χ1v) is 9.86. The number of amides is 2. The Balaban J connectivity index is 1.74. The van der Waals surface area contributed by atoms with E-state index in [0.717, 1.165) is 15.6 Å². The van der Waals surface area contributed by atoms with Crippen LogP contribution < -0.4 is 10.7 Å². The minimum absolute atomic E-state index is 0.0584. The summed E-state index contributed by atoms with van der Waals surface area (Å²) in [5, 5.41) is 9.90. The Morgan fingerprint density at radius 3 is 2.54 bits per heavy atom. The fourth-order valence-corrected chi connectivity index (χ4v) is 3.49. The number of carbonyl (C=O) groups excluding carboxylic acids is 2. The summed E-state index contributed by atoms with van der Waals surface area (Å²) in [6.45, 7) is 7.41. The van der Waals surface area contributed by atoms with Crippen LogP contribution >= 0.6 is 11.3 Å². The van der Waals surface area contributed by atoms with Crippen LogP contribution in [-0.2, 0) is 4.79 Å². The van der Waals surface area contributed by atoms with Crippen LogP contribution in [-0.4, -0.2) is 17.5 Å². The van der Waals surface area contributed by atoms with Crippen LogP contribution in [0.3, 0.4) is 0 Å². The summed E-state index contributed by atoms with van der Waals surface area (Å²) in [5.74, 6) is -0.300. The van der Waals surface area contributed by atoms with Crippen LogP contribution in [0.5, 0.6) is 0 Å². The van der Waals surface area contributed by atoms with E-state index < -0.39 is 5.41 Å². The number of hydrazone groups is 1. The molecule has 0 aliphatic rings. The summed E-state index contributed by atoms with van der Waals surface area (Å²) in [7, 11) is 0. The zero-order valence-corrected chi connectivity index (χ0v) is 17.2. The van der Waals surface area contributed by atoms with Gasteiger partial charge >= 0.3 is 0 Å². The monoisotopic (exact) mass is 393 g/mol. The van der Waals surface area contributed by atoms with Gasteiger partial charge in [-0.2, -0.15) is 5.10 Å². The minimum Gasteiger partial charge on any atom is -0.326 e. The molecule has 1 aromatic heterocycles. The molecule has 144 valence electrons. The Kier molecular flexibility index (Phi) is 5.61. The van der Waals surface area contributed by atoms with Gasteiger partial charge in [0.05, 0.1) is 11.3 Å². The number of thiophene rings is 1. The minimum atomic E-state index is -0.476. The number of anilines is 1. The first-order valence-electron chi connectivity index (χ1n) is 8.98. The summed E-state index contributed by atoms with van der Waals surface area (Å²) in [6.07, 6.45) is 0. The maximum Gasteiger partial charge on any atom is 0.272 e. The Morgan fingerprint density at radius 1 is 1.04 bits per heavy atom. The number of hydrogen-bond acceptors (Lipinski definition) is 4. The van der Waals surface area contributed by atoms with E-state index in [-0.39, 0.29) is 11.8 Å². The number of carbonyl (C=O) groups is 2. The third-order valence-electron chi connectivity index (χ3n) is 4.27. The number of fused-ring (bicyclic) bond motifs is 1. The normalized spacial score (nSPS) is 12.1. The van der Waals surface area contributed by atoms with Crippen molar-refractivity contribution in [2.45, 2.75) is 27.7 Å². The first-order chi connectivity index (χ1) is 13.3. The van der Waals surface area contributed by atoms with Gasteiger partial charge in [0.15, 0.2) is 0 Å². The van der Waals surface area contributed by atoms with Crippen molar-refractivity contribution in [1.29, 1.82) is 0 Å². The molecule has 28 heavy (non-hydrogen) atoms. The van der Waals surface area contributed by atoms with Crippen LogP contribution in [0.4, 0.5) is 5.69 Å². The van der Waals surface area contributed by atoms with E-state index in [1.807, 2.05) is 81.6 Å². The second-order valence-corrected chi connectivity index (χ2v) is 8.48. The fourth-order valence-electron chi connectivity index (χ4n) is 2.55. The summed E-state index contributed by atoms with van der Waals surface area (Å²) >= 11 is 1.53. The highest BCUT2D eigenvalue weighted by Gasteiger charge is 2.21. The average molecular weight is 394 g/mol. The number of nitrogens with zero attached hydrogens (tertiary/aromatic N) is 1. The van der Waals surface area contributed by atoms with Crippen LogP contribution in [0.15, 0.2) is 59.0 Å². The molecule has 5 nitrogen and oxygen atoms in total. The van der Waals surface area contributed by atoms with Crippen LogP contribution in [0.2, 0.25) is 0 Å². The van der Waals surface area contributed by atoms with E-state index in [1.165, 1.54) is 11.3 Å². The third kappa shape index (κ3) is 4.46. The molecule has 0 spiro atoms. The van der Waals surface area contributed by atoms with Gasteiger partial charge in [-0.1, -0.05) is 51.1 Å². The maximum absolute atomic E-state index is 12.5. The lowest BCUT2D eigenvalue weighted by atomic mass is 9.95. The van der Waals surface area contributed by atoms with Gasteiger partial charge < -0.3 is 5.32 Å². The largest absolute Gasteiger partial charge is 0.326 e. The lowest BCUT2D eigenvalue weighted by molar-refractivity contribution is -0.123. The molecule has 0 fully saturated rings. The summed E-state index contributed by atoms with van der Waals surface area (Å²) in [6, 6.07) is 15.2. The Morgan fingerprint density at radius 2 is 1.79 bits per heavy atom. The molecule has 0 radical (unpaired) electrons. The summed E-state index contributed by atoms with van der Waals surface area (Å²) in [5.41, 5.74) is 4.94. The van der Waals surface area contributed by atoms with Gasteiger partial charge in [0.25, 0.3) is 5.91 Å². The van der Waals surface area contributed by atoms with Gasteiger partial charge in [-0.25, -0.2) is 5.43 Å². The molecule has 3 rings (SSSR count). The number of nitrogens with one attached hydrogen (secondary N) is 2. The lowest BCUT2D eigenvalue weighted by Gasteiger charge is -2.18. The SMILES string of the molecule is C/C(=N/NC(=O)c1csc2ccccc12)c1cccc(NC(=O)C(C)(C)C)c1.